The first-order valence-electron chi connectivity index (χ1n) is 7.73. The van der Waals surface area contributed by atoms with Crippen LogP contribution in [0.2, 0.25) is 0 Å². The van der Waals surface area contributed by atoms with Gasteiger partial charge < -0.3 is 15.0 Å². The lowest BCUT2D eigenvalue weighted by Gasteiger charge is -2.23. The number of nitrogens with zero attached hydrogens (tertiary/aromatic N) is 5. The second-order valence-electron chi connectivity index (χ2n) is 5.35. The zero-order valence-electron chi connectivity index (χ0n) is 13.5. The van der Waals surface area contributed by atoms with E-state index in [-0.39, 0.29) is 18.6 Å². The van der Waals surface area contributed by atoms with E-state index in [0.717, 1.165) is 0 Å². The Morgan fingerprint density at radius 3 is 3.04 bits per heavy atom. The van der Waals surface area contributed by atoms with E-state index in [1.165, 1.54) is 0 Å². The van der Waals surface area contributed by atoms with E-state index in [2.05, 4.69) is 31.4 Å². The number of alkyl halides is 1. The van der Waals surface area contributed by atoms with Gasteiger partial charge in [-0.1, -0.05) is 0 Å². The maximum atomic E-state index is 12.5. The molecule has 2 aromatic rings. The lowest BCUT2D eigenvalue weighted by atomic mass is 10.2. The van der Waals surface area contributed by atoms with Gasteiger partial charge in [0.15, 0.2) is 0 Å². The molecule has 9 heteroatoms. The van der Waals surface area contributed by atoms with Gasteiger partial charge in [-0.3, -0.25) is 5.01 Å². The van der Waals surface area contributed by atoms with Crippen molar-refractivity contribution in [3.05, 3.63) is 11.8 Å². The van der Waals surface area contributed by atoms with Gasteiger partial charge in [0, 0.05) is 12.4 Å². The molecule has 0 saturated heterocycles. The molecule has 2 unspecified atom stereocenters. The summed E-state index contributed by atoms with van der Waals surface area (Å²) in [7, 11) is 0. The van der Waals surface area contributed by atoms with Crippen molar-refractivity contribution in [3.8, 4) is 11.9 Å². The van der Waals surface area contributed by atoms with Crippen LogP contribution in [0.4, 0.5) is 10.3 Å². The van der Waals surface area contributed by atoms with Crippen molar-refractivity contribution in [1.82, 2.24) is 20.0 Å². The minimum atomic E-state index is -0.454. The highest BCUT2D eigenvalue weighted by atomic mass is 19.1. The Kier molecular flexibility index (Phi) is 4.46. The normalized spacial score (nSPS) is 19.7. The first-order chi connectivity index (χ1) is 11.7. The van der Waals surface area contributed by atoms with E-state index in [1.54, 1.807) is 17.4 Å². The second-order valence-corrected chi connectivity index (χ2v) is 5.35. The molecule has 3 rings (SSSR count). The molecule has 3 heterocycles. The number of rotatable bonds is 6. The Balaban J connectivity index is 1.88. The number of hydrogen-bond donors (Lipinski definition) is 2. The summed E-state index contributed by atoms with van der Waals surface area (Å²) in [4.78, 5) is 11.7. The van der Waals surface area contributed by atoms with Crippen LogP contribution in [0.1, 0.15) is 19.4 Å². The van der Waals surface area contributed by atoms with Crippen molar-refractivity contribution in [3.63, 3.8) is 0 Å². The van der Waals surface area contributed by atoms with Crippen molar-refractivity contribution < 1.29 is 9.13 Å². The first kappa shape index (κ1) is 16.0. The number of hydrazone groups is 1. The number of ether oxygens (including phenoxy) is 1. The number of aromatic amines is 1. The number of hydrogen-bond acceptors (Lipinski definition) is 7. The zero-order chi connectivity index (χ0) is 17.1. The number of H-pyrrole nitrogens is 1. The molecule has 0 fully saturated rings. The van der Waals surface area contributed by atoms with Crippen LogP contribution < -0.4 is 10.1 Å². The van der Waals surface area contributed by atoms with Crippen molar-refractivity contribution in [2.24, 2.45) is 5.10 Å². The van der Waals surface area contributed by atoms with E-state index >= 15 is 0 Å². The first-order valence-corrected chi connectivity index (χ1v) is 7.73. The molecule has 0 spiro atoms. The molecule has 24 heavy (non-hydrogen) atoms. The molecule has 0 saturated carbocycles. The molecule has 2 atom stereocenters. The van der Waals surface area contributed by atoms with Gasteiger partial charge in [0.2, 0.25) is 11.8 Å². The standard InChI is InChI=1S/C15H18FN7O/c1-3-24-14-12-10(6-17)7-18-13(12)21-15(22-14)20-11-8-19-23(5-4-16)9(11)2/h7-9,11H,3-5H2,1-2H3,(H2,18,20,21,22). The summed E-state index contributed by atoms with van der Waals surface area (Å²) < 4.78 is 18.1. The lowest BCUT2D eigenvalue weighted by Crippen LogP contribution is -2.38. The third-order valence-corrected chi connectivity index (χ3v) is 3.87. The predicted octanol–water partition coefficient (Wildman–Crippen LogP) is 1.67. The van der Waals surface area contributed by atoms with Crippen LogP contribution in [0.5, 0.6) is 5.88 Å². The van der Waals surface area contributed by atoms with Gasteiger partial charge in [0.25, 0.3) is 0 Å². The summed E-state index contributed by atoms with van der Waals surface area (Å²) >= 11 is 0. The van der Waals surface area contributed by atoms with Crippen molar-refractivity contribution in [1.29, 1.82) is 5.26 Å². The topological polar surface area (TPSA) is 102 Å². The van der Waals surface area contributed by atoms with E-state index < -0.39 is 6.67 Å². The van der Waals surface area contributed by atoms with Gasteiger partial charge in [0.05, 0.1) is 36.2 Å². The molecule has 0 aromatic carbocycles. The molecule has 0 radical (unpaired) electrons. The fourth-order valence-electron chi connectivity index (χ4n) is 2.62. The molecule has 8 nitrogen and oxygen atoms in total. The van der Waals surface area contributed by atoms with Crippen molar-refractivity contribution in [2.75, 3.05) is 25.1 Å². The summed E-state index contributed by atoms with van der Waals surface area (Å²) in [6.07, 6.45) is 3.29. The number of anilines is 1. The average Bonchev–Trinajstić information content (AvgIpc) is 3.14. The molecular formula is C15H18FN7O. The summed E-state index contributed by atoms with van der Waals surface area (Å²) in [6.45, 7) is 4.02. The Morgan fingerprint density at radius 1 is 1.50 bits per heavy atom. The average molecular weight is 331 g/mol. The molecule has 1 aliphatic heterocycles. The van der Waals surface area contributed by atoms with E-state index in [9.17, 15) is 9.65 Å². The number of nitriles is 1. The number of fused-ring (bicyclic) bond motifs is 1. The maximum Gasteiger partial charge on any atom is 0.229 e. The number of nitrogens with one attached hydrogen (secondary N) is 2. The summed E-state index contributed by atoms with van der Waals surface area (Å²) in [5, 5.41) is 18.8. The van der Waals surface area contributed by atoms with Gasteiger partial charge in [-0.2, -0.15) is 20.3 Å². The predicted molar refractivity (Wildman–Crippen MR) is 87.8 cm³/mol. The molecule has 0 aliphatic carbocycles. The van der Waals surface area contributed by atoms with E-state index in [0.29, 0.717) is 35.0 Å². The van der Waals surface area contributed by atoms with Crippen LogP contribution in [0.25, 0.3) is 11.0 Å². The fourth-order valence-corrected chi connectivity index (χ4v) is 2.62. The Bertz CT molecular complexity index is 797. The molecule has 0 amide bonds. The molecular weight excluding hydrogens is 313 g/mol. The molecule has 2 N–H and O–H groups in total. The highest BCUT2D eigenvalue weighted by Gasteiger charge is 2.27. The van der Waals surface area contributed by atoms with Gasteiger partial charge in [-0.25, -0.2) is 4.39 Å². The van der Waals surface area contributed by atoms with E-state index in [1.807, 2.05) is 13.8 Å². The van der Waals surface area contributed by atoms with Gasteiger partial charge >= 0.3 is 0 Å². The van der Waals surface area contributed by atoms with E-state index in [4.69, 9.17) is 4.74 Å². The second kappa shape index (κ2) is 6.70. The monoisotopic (exact) mass is 331 g/mol. The Labute approximate surface area is 138 Å². The number of aromatic nitrogens is 3. The zero-order valence-corrected chi connectivity index (χ0v) is 13.5. The third-order valence-electron chi connectivity index (χ3n) is 3.87. The van der Waals surface area contributed by atoms with Gasteiger partial charge in [-0.15, -0.1) is 0 Å². The van der Waals surface area contributed by atoms with Crippen LogP contribution in [0, 0.1) is 11.3 Å². The largest absolute Gasteiger partial charge is 0.477 e. The quantitative estimate of drug-likeness (QED) is 0.835. The Morgan fingerprint density at radius 2 is 2.33 bits per heavy atom. The summed E-state index contributed by atoms with van der Waals surface area (Å²) in [5.74, 6) is 0.716. The highest BCUT2D eigenvalue weighted by Crippen LogP contribution is 2.27. The van der Waals surface area contributed by atoms with Gasteiger partial charge in [-0.05, 0) is 13.8 Å². The molecule has 2 aromatic heterocycles. The van der Waals surface area contributed by atoms with Crippen molar-refractivity contribution in [2.45, 2.75) is 25.9 Å². The minimum Gasteiger partial charge on any atom is -0.477 e. The minimum absolute atomic E-state index is 0.0195. The van der Waals surface area contributed by atoms with Crippen LogP contribution in [0.3, 0.4) is 0 Å². The lowest BCUT2D eigenvalue weighted by molar-refractivity contribution is 0.217. The fraction of sp³-hybridized carbons (Fsp3) is 0.467. The third kappa shape index (κ3) is 2.82. The van der Waals surface area contributed by atoms with Crippen molar-refractivity contribution >= 4 is 23.2 Å². The molecule has 0 bridgehead atoms. The molecule has 1 aliphatic rings. The van der Waals surface area contributed by atoms with Crippen LogP contribution in [-0.4, -0.2) is 58.1 Å². The van der Waals surface area contributed by atoms with Crippen LogP contribution in [0.15, 0.2) is 11.3 Å². The Hall–Kier alpha value is -2.89. The van der Waals surface area contributed by atoms with Crippen LogP contribution >= 0.6 is 0 Å². The SMILES string of the molecule is CCOc1nc(NC2C=NN(CCF)C2C)nc2[nH]cc(C#N)c12. The maximum absolute atomic E-state index is 12.5. The molecule has 126 valence electrons. The summed E-state index contributed by atoms with van der Waals surface area (Å²) in [6, 6.07) is 1.93. The smallest absolute Gasteiger partial charge is 0.229 e. The van der Waals surface area contributed by atoms with Gasteiger partial charge in [0.1, 0.15) is 18.4 Å². The number of halogens is 1. The highest BCUT2D eigenvalue weighted by molar-refractivity contribution is 5.88. The van der Waals surface area contributed by atoms with Crippen LogP contribution in [-0.2, 0) is 0 Å². The summed E-state index contributed by atoms with van der Waals surface area (Å²) in [5.41, 5.74) is 0.959.